The van der Waals surface area contributed by atoms with Gasteiger partial charge < -0.3 is 15.7 Å². The minimum atomic E-state index is -0.910. The van der Waals surface area contributed by atoms with Crippen molar-refractivity contribution < 1.29 is 19.1 Å². The Morgan fingerprint density at radius 2 is 2.07 bits per heavy atom. The number of carbonyl (C=O) groups is 2. The number of aromatic nitrogens is 2. The van der Waals surface area contributed by atoms with E-state index in [0.717, 1.165) is 12.1 Å². The average Bonchev–Trinajstić information content (AvgIpc) is 2.95. The third-order valence-corrected chi connectivity index (χ3v) is 4.07. The number of nitrogens with one attached hydrogen (secondary N) is 2. The first-order valence-electron chi connectivity index (χ1n) is 8.85. The molecule has 0 aliphatic rings. The fourth-order valence-corrected chi connectivity index (χ4v) is 2.73. The summed E-state index contributed by atoms with van der Waals surface area (Å²) in [4.78, 5) is 23.1. The van der Waals surface area contributed by atoms with Crippen molar-refractivity contribution in [3.05, 3.63) is 42.0 Å². The number of benzene rings is 1. The Hall–Kier alpha value is -2.90. The molecule has 0 fully saturated rings. The van der Waals surface area contributed by atoms with Gasteiger partial charge in [-0.3, -0.25) is 4.79 Å². The first kappa shape index (κ1) is 20.4. The van der Waals surface area contributed by atoms with Crippen molar-refractivity contribution >= 4 is 17.7 Å². The lowest BCUT2D eigenvalue weighted by molar-refractivity contribution is -0.137. The van der Waals surface area contributed by atoms with Crippen molar-refractivity contribution in [1.29, 1.82) is 0 Å². The maximum atomic E-state index is 13.5. The number of carboxylic acids is 1. The maximum absolute atomic E-state index is 13.5. The van der Waals surface area contributed by atoms with Crippen LogP contribution in [0.4, 0.5) is 14.9 Å². The highest BCUT2D eigenvalue weighted by Gasteiger charge is 2.22. The van der Waals surface area contributed by atoms with E-state index in [1.807, 2.05) is 6.92 Å². The summed E-state index contributed by atoms with van der Waals surface area (Å²) in [5.74, 6) is -1.27. The van der Waals surface area contributed by atoms with Gasteiger partial charge in [0.25, 0.3) is 0 Å². The van der Waals surface area contributed by atoms with Crippen molar-refractivity contribution in [2.75, 3.05) is 5.32 Å². The Kier molecular flexibility index (Phi) is 6.55. The molecular formula is C19H25FN4O3. The summed E-state index contributed by atoms with van der Waals surface area (Å²) >= 11 is 0. The number of carboxylic acid groups (broad SMARTS) is 1. The lowest BCUT2D eigenvalue weighted by Gasteiger charge is -2.25. The van der Waals surface area contributed by atoms with Crippen LogP contribution in [-0.4, -0.2) is 32.4 Å². The van der Waals surface area contributed by atoms with Gasteiger partial charge in [-0.15, -0.1) is 0 Å². The van der Waals surface area contributed by atoms with E-state index in [1.54, 1.807) is 30.7 Å². The van der Waals surface area contributed by atoms with Crippen LogP contribution in [0.25, 0.3) is 5.69 Å². The smallest absolute Gasteiger partial charge is 0.319 e. The maximum Gasteiger partial charge on any atom is 0.319 e. The van der Waals surface area contributed by atoms with Crippen LogP contribution in [0.5, 0.6) is 0 Å². The number of hydrogen-bond acceptors (Lipinski definition) is 3. The molecule has 3 N–H and O–H groups in total. The van der Waals surface area contributed by atoms with E-state index < -0.39 is 17.5 Å². The van der Waals surface area contributed by atoms with Crippen molar-refractivity contribution in [3.8, 4) is 5.69 Å². The number of nitrogens with zero attached hydrogens (tertiary/aromatic N) is 2. The molecule has 0 radical (unpaired) electrons. The predicted molar refractivity (Wildman–Crippen MR) is 101 cm³/mol. The SMILES string of the molecule is CCCc1c(NC(=O)NC(C)(C)CCC(=O)O)cnn1-c1cccc(F)c1. The Morgan fingerprint density at radius 3 is 2.70 bits per heavy atom. The summed E-state index contributed by atoms with van der Waals surface area (Å²) in [6.45, 7) is 5.53. The van der Waals surface area contributed by atoms with E-state index in [-0.39, 0.29) is 12.2 Å². The van der Waals surface area contributed by atoms with E-state index in [1.165, 1.54) is 18.3 Å². The normalized spacial score (nSPS) is 11.3. The van der Waals surface area contributed by atoms with Gasteiger partial charge in [-0.05, 0) is 44.9 Å². The molecule has 0 bridgehead atoms. The highest BCUT2D eigenvalue weighted by molar-refractivity contribution is 5.90. The molecule has 0 unspecified atom stereocenters. The second-order valence-electron chi connectivity index (χ2n) is 7.00. The summed E-state index contributed by atoms with van der Waals surface area (Å²) in [6.07, 6.45) is 3.27. The van der Waals surface area contributed by atoms with Crippen molar-refractivity contribution in [2.24, 2.45) is 0 Å². The molecule has 0 atom stereocenters. The summed E-state index contributed by atoms with van der Waals surface area (Å²) in [6, 6.07) is 5.64. The molecule has 146 valence electrons. The molecule has 2 amide bonds. The van der Waals surface area contributed by atoms with Crippen LogP contribution in [0.1, 0.15) is 45.7 Å². The highest BCUT2D eigenvalue weighted by Crippen LogP contribution is 2.22. The number of hydrogen-bond donors (Lipinski definition) is 3. The van der Waals surface area contributed by atoms with Crippen molar-refractivity contribution in [1.82, 2.24) is 15.1 Å². The van der Waals surface area contributed by atoms with Crippen LogP contribution < -0.4 is 10.6 Å². The second kappa shape index (κ2) is 8.66. The van der Waals surface area contributed by atoms with Gasteiger partial charge in [0.1, 0.15) is 5.82 Å². The molecule has 0 saturated carbocycles. The molecule has 1 aromatic carbocycles. The minimum Gasteiger partial charge on any atom is -0.481 e. The monoisotopic (exact) mass is 376 g/mol. The minimum absolute atomic E-state index is 0.0358. The van der Waals surface area contributed by atoms with Gasteiger partial charge in [0.05, 0.1) is 23.3 Å². The van der Waals surface area contributed by atoms with Gasteiger partial charge in [0.15, 0.2) is 0 Å². The van der Waals surface area contributed by atoms with Crippen LogP contribution in [0.3, 0.4) is 0 Å². The molecule has 0 saturated heterocycles. The standard InChI is InChI=1S/C19H25FN4O3/c1-4-6-16-15(12-21-24(16)14-8-5-7-13(20)11-14)22-18(27)23-19(2,3)10-9-17(25)26/h5,7-8,11-12H,4,6,9-10H2,1-3H3,(H,25,26)(H2,22,23,27). The first-order valence-corrected chi connectivity index (χ1v) is 8.85. The molecule has 2 rings (SSSR count). The van der Waals surface area contributed by atoms with E-state index >= 15 is 0 Å². The second-order valence-corrected chi connectivity index (χ2v) is 7.00. The van der Waals surface area contributed by atoms with Crippen molar-refractivity contribution in [3.63, 3.8) is 0 Å². The lowest BCUT2D eigenvalue weighted by atomic mass is 9.99. The molecule has 8 heteroatoms. The van der Waals surface area contributed by atoms with Crippen LogP contribution >= 0.6 is 0 Å². The van der Waals surface area contributed by atoms with Crippen LogP contribution in [0, 0.1) is 5.82 Å². The number of urea groups is 1. The molecule has 0 spiro atoms. The zero-order valence-electron chi connectivity index (χ0n) is 15.8. The van der Waals surface area contributed by atoms with Gasteiger partial charge in [-0.2, -0.15) is 5.10 Å². The number of amides is 2. The third-order valence-electron chi connectivity index (χ3n) is 4.07. The molecular weight excluding hydrogens is 351 g/mol. The number of rotatable bonds is 8. The molecule has 27 heavy (non-hydrogen) atoms. The Balaban J connectivity index is 2.16. The number of carbonyl (C=O) groups excluding carboxylic acids is 1. The van der Waals surface area contributed by atoms with Crippen LogP contribution in [0.15, 0.2) is 30.5 Å². The number of anilines is 1. The Labute approximate surface area is 157 Å². The fraction of sp³-hybridized carbons (Fsp3) is 0.421. The van der Waals surface area contributed by atoms with Crippen LogP contribution in [-0.2, 0) is 11.2 Å². The molecule has 0 aliphatic carbocycles. The molecule has 7 nitrogen and oxygen atoms in total. The summed E-state index contributed by atoms with van der Waals surface area (Å²) in [5.41, 5.74) is 1.20. The highest BCUT2D eigenvalue weighted by atomic mass is 19.1. The largest absolute Gasteiger partial charge is 0.481 e. The summed E-state index contributed by atoms with van der Waals surface area (Å²) < 4.78 is 15.1. The molecule has 1 heterocycles. The topological polar surface area (TPSA) is 96.2 Å². The van der Waals surface area contributed by atoms with Gasteiger partial charge in [-0.25, -0.2) is 13.9 Å². The average molecular weight is 376 g/mol. The van der Waals surface area contributed by atoms with E-state index in [0.29, 0.717) is 24.2 Å². The van der Waals surface area contributed by atoms with Crippen LogP contribution in [0.2, 0.25) is 0 Å². The molecule has 2 aromatic rings. The van der Waals surface area contributed by atoms with Crippen molar-refractivity contribution in [2.45, 2.75) is 52.0 Å². The van der Waals surface area contributed by atoms with Gasteiger partial charge in [0.2, 0.25) is 0 Å². The molecule has 1 aromatic heterocycles. The van der Waals surface area contributed by atoms with Gasteiger partial charge >= 0.3 is 12.0 Å². The van der Waals surface area contributed by atoms with E-state index in [9.17, 15) is 14.0 Å². The zero-order chi connectivity index (χ0) is 20.0. The quantitative estimate of drug-likeness (QED) is 0.654. The number of halogens is 1. The first-order chi connectivity index (χ1) is 12.7. The molecule has 0 aliphatic heterocycles. The van der Waals surface area contributed by atoms with Gasteiger partial charge in [0, 0.05) is 12.0 Å². The predicted octanol–water partition coefficient (Wildman–Crippen LogP) is 3.73. The van der Waals surface area contributed by atoms with E-state index in [2.05, 4.69) is 15.7 Å². The third kappa shape index (κ3) is 5.80. The summed E-state index contributed by atoms with van der Waals surface area (Å²) in [7, 11) is 0. The fourth-order valence-electron chi connectivity index (χ4n) is 2.73. The van der Waals surface area contributed by atoms with Gasteiger partial charge in [-0.1, -0.05) is 19.4 Å². The Bertz CT molecular complexity index is 817. The summed E-state index contributed by atoms with van der Waals surface area (Å²) in [5, 5.41) is 18.6. The Morgan fingerprint density at radius 1 is 1.33 bits per heavy atom. The zero-order valence-corrected chi connectivity index (χ0v) is 15.8. The lowest BCUT2D eigenvalue weighted by Crippen LogP contribution is -2.45. The number of aliphatic carboxylic acids is 1. The van der Waals surface area contributed by atoms with E-state index in [4.69, 9.17) is 5.11 Å².